The molecule has 334 valence electrons. The first-order valence-electron chi connectivity index (χ1n) is 19.0. The summed E-state index contributed by atoms with van der Waals surface area (Å²) in [5.74, 6) is -1.19. The van der Waals surface area contributed by atoms with Gasteiger partial charge in [-0.05, 0) is 104 Å². The number of ketones is 1. The van der Waals surface area contributed by atoms with E-state index in [2.05, 4.69) is 60.4 Å². The van der Waals surface area contributed by atoms with Crippen LogP contribution in [0.2, 0.25) is 0 Å². The highest BCUT2D eigenvalue weighted by atomic mass is 32.2. The van der Waals surface area contributed by atoms with E-state index in [1.807, 2.05) is 6.07 Å². The second-order valence-corrected chi connectivity index (χ2v) is 18.0. The van der Waals surface area contributed by atoms with E-state index in [1.165, 1.54) is 12.1 Å². The van der Waals surface area contributed by atoms with Crippen LogP contribution < -0.4 is 27.5 Å². The van der Waals surface area contributed by atoms with E-state index in [0.29, 0.717) is 34.5 Å². The number of fused-ring (bicyclic) bond motifs is 1. The van der Waals surface area contributed by atoms with Gasteiger partial charge in [-0.1, -0.05) is 32.0 Å². The first-order valence-corrected chi connectivity index (χ1v) is 23.3. The number of likely N-dealkylation sites (N-methyl/N-ethyl adjacent to an activating group) is 1. The Hall–Kier alpha value is -6.93. The molecule has 0 saturated heterocycles. The molecule has 10 N–H and O–H groups in total. The van der Waals surface area contributed by atoms with Crippen molar-refractivity contribution in [1.29, 1.82) is 0 Å². The van der Waals surface area contributed by atoms with Gasteiger partial charge in [-0.25, -0.2) is 0 Å². The Morgan fingerprint density at radius 3 is 1.94 bits per heavy atom. The SMILES string of the molecule is CCN(CC)CCNc1ccc(N=Nc2ccc(Nc3ccc(N=Nc4c(S(=O)(=O)O)cc5c(c4N)C(=O)/C(=N/Nc4ccccc4)C(S(=O)(=O)O)=C5)cc3S(=O)(=O)O)cc2)c(N)c1. The van der Waals surface area contributed by atoms with Crippen molar-refractivity contribution in [3.8, 4) is 0 Å². The van der Waals surface area contributed by atoms with Crippen molar-refractivity contribution in [1.82, 2.24) is 4.90 Å². The summed E-state index contributed by atoms with van der Waals surface area (Å²) in [7, 11) is -15.3. The molecule has 0 bridgehead atoms. The van der Waals surface area contributed by atoms with Gasteiger partial charge in [0.2, 0.25) is 5.78 Å². The van der Waals surface area contributed by atoms with E-state index >= 15 is 0 Å². The Bertz CT molecular complexity index is 3070. The zero-order chi connectivity index (χ0) is 46.4. The number of rotatable bonds is 17. The number of nitrogens with one attached hydrogen (secondary N) is 3. The highest BCUT2D eigenvalue weighted by Gasteiger charge is 2.37. The molecule has 0 heterocycles. The van der Waals surface area contributed by atoms with Crippen molar-refractivity contribution in [2.45, 2.75) is 23.6 Å². The predicted molar refractivity (Wildman–Crippen MR) is 243 cm³/mol. The summed E-state index contributed by atoms with van der Waals surface area (Å²) in [6.45, 7) is 7.76. The van der Waals surface area contributed by atoms with E-state index in [1.54, 1.807) is 66.7 Å². The van der Waals surface area contributed by atoms with Crippen LogP contribution in [-0.4, -0.2) is 81.5 Å². The Labute approximate surface area is 368 Å². The molecular weight excluding hydrogens is 891 g/mol. The van der Waals surface area contributed by atoms with Gasteiger partial charge in [0.25, 0.3) is 30.4 Å². The lowest BCUT2D eigenvalue weighted by Gasteiger charge is -2.20. The molecule has 0 unspecified atom stereocenters. The third-order valence-corrected chi connectivity index (χ3v) is 12.2. The van der Waals surface area contributed by atoms with Crippen molar-refractivity contribution >= 4 is 105 Å². The minimum absolute atomic E-state index is 0.107. The fraction of sp³-hybridized carbons (Fsp3) is 0.150. The molecule has 5 aromatic rings. The Kier molecular flexibility index (Phi) is 14.0. The van der Waals surface area contributed by atoms with Gasteiger partial charge in [-0.2, -0.15) is 40.6 Å². The molecule has 0 spiro atoms. The number of nitrogens with two attached hydrogens (primary N) is 2. The summed E-state index contributed by atoms with van der Waals surface area (Å²) < 4.78 is 105. The fourth-order valence-corrected chi connectivity index (χ4v) is 8.26. The maximum Gasteiger partial charge on any atom is 0.296 e. The highest BCUT2D eigenvalue weighted by Crippen LogP contribution is 2.41. The number of hydrazone groups is 1. The quantitative estimate of drug-likeness (QED) is 0.0193. The molecule has 0 aliphatic heterocycles. The molecule has 0 aromatic heterocycles. The van der Waals surface area contributed by atoms with Gasteiger partial charge in [-0.15, -0.1) is 10.2 Å². The molecule has 0 fully saturated rings. The lowest BCUT2D eigenvalue weighted by molar-refractivity contribution is 0.106. The van der Waals surface area contributed by atoms with Crippen LogP contribution in [0.15, 0.2) is 137 Å². The van der Waals surface area contributed by atoms with Gasteiger partial charge in [-0.3, -0.25) is 23.9 Å². The molecule has 24 heteroatoms. The number of carbonyl (C=O) groups excluding carboxylic acids is 1. The number of benzene rings is 5. The van der Waals surface area contributed by atoms with E-state index in [-0.39, 0.29) is 11.4 Å². The van der Waals surface area contributed by atoms with Crippen LogP contribution in [-0.2, 0) is 30.4 Å². The largest absolute Gasteiger partial charge is 0.397 e. The average Bonchev–Trinajstić information content (AvgIpc) is 3.24. The number of hydrogen-bond donors (Lipinski definition) is 8. The number of azo groups is 2. The standard InChI is InChI=1S/C40H41N11O10S3/c1-3-51(4-2)19-18-43-28-14-16-31(30(41)22-28)48-45-27-12-10-25(11-13-27)44-32-17-15-29(23-33(32)62(53,54)55)47-49-38-34(63(56,57)58)20-24-21-35(64(59,60)61)39(40(52)36(24)37(38)42)50-46-26-8-6-5-7-9-26/h5-17,20-23,43-44,46H,3-4,18-19,41-42H2,1-2H3,(H,53,54,55)(H,56,57,58)(H,59,60,61)/b48-45?,49-47?,50-39+. The second-order valence-electron chi connectivity index (χ2n) is 13.8. The molecule has 5 aromatic carbocycles. The Balaban J connectivity index is 1.25. The number of anilines is 6. The smallest absolute Gasteiger partial charge is 0.296 e. The van der Waals surface area contributed by atoms with Gasteiger partial charge in [0.1, 0.15) is 26.1 Å². The summed E-state index contributed by atoms with van der Waals surface area (Å²) in [4.78, 5) is 13.4. The van der Waals surface area contributed by atoms with Gasteiger partial charge in [0.15, 0.2) is 5.71 Å². The number of hydrogen-bond acceptors (Lipinski definition) is 18. The van der Waals surface area contributed by atoms with Crippen molar-refractivity contribution in [3.63, 3.8) is 0 Å². The number of nitrogen functional groups attached to an aromatic ring is 2. The van der Waals surface area contributed by atoms with Crippen LogP contribution in [0, 0.1) is 0 Å². The lowest BCUT2D eigenvalue weighted by Crippen LogP contribution is -2.28. The molecule has 0 atom stereocenters. The molecule has 6 rings (SSSR count). The predicted octanol–water partition coefficient (Wildman–Crippen LogP) is 7.57. The van der Waals surface area contributed by atoms with Crippen LogP contribution in [0.4, 0.5) is 56.9 Å². The number of nitrogens with zero attached hydrogens (tertiary/aromatic N) is 6. The zero-order valence-corrected chi connectivity index (χ0v) is 36.4. The molecule has 0 radical (unpaired) electrons. The van der Waals surface area contributed by atoms with E-state index < -0.39 is 79.0 Å². The Morgan fingerprint density at radius 2 is 1.31 bits per heavy atom. The fourth-order valence-electron chi connectivity index (χ4n) is 6.26. The van der Waals surface area contributed by atoms with E-state index in [9.17, 15) is 43.7 Å². The van der Waals surface area contributed by atoms with Crippen molar-refractivity contribution in [3.05, 3.63) is 113 Å². The number of Topliss-reactive ketones (excluding diaryl/α,β-unsaturated/α-hetero) is 1. The Morgan fingerprint density at radius 1 is 0.672 bits per heavy atom. The lowest BCUT2D eigenvalue weighted by atomic mass is 9.92. The van der Waals surface area contributed by atoms with Gasteiger partial charge >= 0.3 is 0 Å². The number of carbonyl (C=O) groups is 1. The summed E-state index contributed by atoms with van der Waals surface area (Å²) in [6.07, 6.45) is 0.731. The van der Waals surface area contributed by atoms with E-state index in [4.69, 9.17) is 11.5 Å². The maximum atomic E-state index is 13.8. The third-order valence-electron chi connectivity index (χ3n) is 9.53. The van der Waals surface area contributed by atoms with Crippen molar-refractivity contribution in [2.75, 3.05) is 53.7 Å². The van der Waals surface area contributed by atoms with Crippen LogP contribution in [0.1, 0.15) is 29.8 Å². The summed E-state index contributed by atoms with van der Waals surface area (Å²) >= 11 is 0. The average molecular weight is 932 g/mol. The van der Waals surface area contributed by atoms with Gasteiger partial charge in [0.05, 0.1) is 39.7 Å². The number of para-hydroxylation sites is 1. The van der Waals surface area contributed by atoms with Gasteiger partial charge < -0.3 is 27.0 Å². The van der Waals surface area contributed by atoms with Crippen LogP contribution >= 0.6 is 0 Å². The topological polar surface area (TPSA) is 333 Å². The molecular formula is C40H41N11O10S3. The molecule has 64 heavy (non-hydrogen) atoms. The van der Waals surface area contributed by atoms with Crippen LogP contribution in [0.3, 0.4) is 0 Å². The molecule has 1 aliphatic carbocycles. The summed E-state index contributed by atoms with van der Waals surface area (Å²) in [5.41, 5.74) is 14.2. The summed E-state index contributed by atoms with van der Waals surface area (Å²) in [5, 5.41) is 26.3. The van der Waals surface area contributed by atoms with E-state index in [0.717, 1.165) is 44.0 Å². The first-order chi connectivity index (χ1) is 30.3. The third kappa shape index (κ3) is 11.2. The molecule has 1 aliphatic rings. The minimum atomic E-state index is -5.22. The maximum absolute atomic E-state index is 13.8. The monoisotopic (exact) mass is 931 g/mol. The molecule has 0 amide bonds. The van der Waals surface area contributed by atoms with Crippen LogP contribution in [0.25, 0.3) is 6.08 Å². The van der Waals surface area contributed by atoms with Crippen molar-refractivity contribution in [2.24, 2.45) is 25.6 Å². The zero-order valence-electron chi connectivity index (χ0n) is 33.9. The van der Waals surface area contributed by atoms with Gasteiger partial charge in [0, 0.05) is 24.5 Å². The highest BCUT2D eigenvalue weighted by molar-refractivity contribution is 7.91. The second kappa shape index (κ2) is 19.2. The molecule has 0 saturated carbocycles. The number of allylic oxidation sites excluding steroid dienone is 1. The normalized spacial score (nSPS) is 14.0. The van der Waals surface area contributed by atoms with Crippen LogP contribution in [0.5, 0.6) is 0 Å². The minimum Gasteiger partial charge on any atom is -0.397 e. The summed E-state index contributed by atoms with van der Waals surface area (Å²) in [6, 6.07) is 23.7. The van der Waals surface area contributed by atoms with Crippen molar-refractivity contribution < 1.29 is 43.7 Å². The molecule has 21 nitrogen and oxygen atoms in total. The first kappa shape index (κ1) is 46.6.